The van der Waals surface area contributed by atoms with E-state index in [1.54, 1.807) is 23.1 Å². The Kier molecular flexibility index (Phi) is 5.97. The van der Waals surface area contributed by atoms with Gasteiger partial charge in [-0.2, -0.15) is 5.10 Å². The number of aliphatic hydroxyl groups excluding tert-OH is 1. The standard InChI is InChI=1S/C22H25N5O2/c28-16-17-6-11-26(12-7-17)15-18-3-1-4-19(13-18)25-22(29)21-14-20(5-9-23-21)27-10-2-8-24-27/h1-5,8-10,13-14,17,28H,6-7,11-12,15-16H2,(H,25,29). The second-order valence-electron chi connectivity index (χ2n) is 7.41. The van der Waals surface area contributed by atoms with Crippen LogP contribution in [0.2, 0.25) is 0 Å². The maximum atomic E-state index is 12.7. The number of piperidine rings is 1. The van der Waals surface area contributed by atoms with Gasteiger partial charge < -0.3 is 10.4 Å². The minimum absolute atomic E-state index is 0.250. The van der Waals surface area contributed by atoms with Crippen molar-refractivity contribution in [3.63, 3.8) is 0 Å². The topological polar surface area (TPSA) is 83.3 Å². The number of likely N-dealkylation sites (tertiary alicyclic amines) is 1. The van der Waals surface area contributed by atoms with Gasteiger partial charge in [-0.05, 0) is 67.7 Å². The molecule has 1 amide bonds. The van der Waals surface area contributed by atoms with Crippen molar-refractivity contribution in [1.82, 2.24) is 19.7 Å². The van der Waals surface area contributed by atoms with Gasteiger partial charge in [0.05, 0.1) is 5.69 Å². The third-order valence-corrected chi connectivity index (χ3v) is 5.30. The number of amides is 1. The van der Waals surface area contributed by atoms with Crippen molar-refractivity contribution in [3.05, 3.63) is 72.3 Å². The van der Waals surface area contributed by atoms with Crippen molar-refractivity contribution < 1.29 is 9.90 Å². The summed E-state index contributed by atoms with van der Waals surface area (Å²) >= 11 is 0. The molecular formula is C22H25N5O2. The number of carbonyl (C=O) groups is 1. The summed E-state index contributed by atoms with van der Waals surface area (Å²) in [4.78, 5) is 19.3. The van der Waals surface area contributed by atoms with Gasteiger partial charge in [0, 0.05) is 37.4 Å². The average molecular weight is 391 g/mol. The van der Waals surface area contributed by atoms with Crippen molar-refractivity contribution in [2.45, 2.75) is 19.4 Å². The van der Waals surface area contributed by atoms with Gasteiger partial charge in [0.15, 0.2) is 0 Å². The molecule has 1 aliphatic rings. The number of pyridine rings is 1. The number of rotatable bonds is 6. The van der Waals surface area contributed by atoms with Crippen LogP contribution in [0.1, 0.15) is 28.9 Å². The van der Waals surface area contributed by atoms with E-state index in [1.807, 2.05) is 36.5 Å². The largest absolute Gasteiger partial charge is 0.396 e. The van der Waals surface area contributed by atoms with E-state index in [2.05, 4.69) is 26.4 Å². The van der Waals surface area contributed by atoms with Crippen LogP contribution in [0.3, 0.4) is 0 Å². The van der Waals surface area contributed by atoms with Gasteiger partial charge in [0.1, 0.15) is 5.69 Å². The van der Waals surface area contributed by atoms with Crippen LogP contribution in [0.15, 0.2) is 61.1 Å². The molecule has 0 atom stereocenters. The summed E-state index contributed by atoms with van der Waals surface area (Å²) in [5.74, 6) is 0.182. The van der Waals surface area contributed by atoms with Gasteiger partial charge in [0.2, 0.25) is 0 Å². The quantitative estimate of drug-likeness (QED) is 0.675. The molecule has 0 saturated carbocycles. The summed E-state index contributed by atoms with van der Waals surface area (Å²) in [6, 6.07) is 13.3. The Hall–Kier alpha value is -3.03. The van der Waals surface area contributed by atoms with Crippen molar-refractivity contribution in [2.24, 2.45) is 5.92 Å². The van der Waals surface area contributed by atoms with Crippen LogP contribution in [-0.2, 0) is 6.54 Å². The monoisotopic (exact) mass is 391 g/mol. The van der Waals surface area contributed by atoms with Crippen LogP contribution in [0.4, 0.5) is 5.69 Å². The number of anilines is 1. The molecule has 2 N–H and O–H groups in total. The van der Waals surface area contributed by atoms with Crippen molar-refractivity contribution in [1.29, 1.82) is 0 Å². The zero-order valence-corrected chi connectivity index (χ0v) is 16.2. The first kappa shape index (κ1) is 19.3. The molecule has 4 rings (SSSR count). The minimum atomic E-state index is -0.250. The Morgan fingerprint density at radius 2 is 2.00 bits per heavy atom. The molecule has 0 spiro atoms. The van der Waals surface area contributed by atoms with Gasteiger partial charge in [0.25, 0.3) is 5.91 Å². The Labute approximate surface area is 170 Å². The van der Waals surface area contributed by atoms with Gasteiger partial charge >= 0.3 is 0 Å². The van der Waals surface area contributed by atoms with E-state index in [-0.39, 0.29) is 12.5 Å². The Bertz CT molecular complexity index is 949. The number of nitrogens with zero attached hydrogens (tertiary/aromatic N) is 4. The van der Waals surface area contributed by atoms with Gasteiger partial charge in [-0.25, -0.2) is 4.68 Å². The summed E-state index contributed by atoms with van der Waals surface area (Å²) in [5, 5.41) is 16.4. The summed E-state index contributed by atoms with van der Waals surface area (Å²) in [6.07, 6.45) is 7.19. The molecule has 3 aromatic rings. The number of hydrogen-bond donors (Lipinski definition) is 2. The van der Waals surface area contributed by atoms with E-state index in [9.17, 15) is 9.90 Å². The Balaban J connectivity index is 1.40. The maximum Gasteiger partial charge on any atom is 0.274 e. The van der Waals surface area contributed by atoms with E-state index in [4.69, 9.17) is 0 Å². The van der Waals surface area contributed by atoms with Crippen LogP contribution in [0.25, 0.3) is 5.69 Å². The number of aromatic nitrogens is 3. The Morgan fingerprint density at radius 1 is 1.14 bits per heavy atom. The normalized spacial score (nSPS) is 15.3. The van der Waals surface area contributed by atoms with Crippen LogP contribution in [0, 0.1) is 5.92 Å². The SMILES string of the molecule is O=C(Nc1cccc(CN2CCC(CO)CC2)c1)c1cc(-n2cccn2)ccn1. The van der Waals surface area contributed by atoms with Crippen LogP contribution in [0.5, 0.6) is 0 Å². The number of hydrogen-bond acceptors (Lipinski definition) is 5. The average Bonchev–Trinajstić information content (AvgIpc) is 3.30. The molecule has 2 aromatic heterocycles. The first-order valence-corrected chi connectivity index (χ1v) is 9.91. The smallest absolute Gasteiger partial charge is 0.274 e. The van der Waals surface area contributed by atoms with E-state index < -0.39 is 0 Å². The molecule has 0 bridgehead atoms. The second kappa shape index (κ2) is 8.98. The molecule has 0 radical (unpaired) electrons. The molecule has 7 heteroatoms. The summed E-state index contributed by atoms with van der Waals surface area (Å²) in [5.41, 5.74) is 3.04. The molecule has 7 nitrogen and oxygen atoms in total. The molecule has 3 heterocycles. The van der Waals surface area contributed by atoms with E-state index in [0.29, 0.717) is 11.6 Å². The van der Waals surface area contributed by atoms with E-state index in [0.717, 1.165) is 49.4 Å². The third kappa shape index (κ3) is 4.88. The molecule has 1 fully saturated rings. The highest BCUT2D eigenvalue weighted by Gasteiger charge is 2.18. The fourth-order valence-corrected chi connectivity index (χ4v) is 3.64. The molecule has 1 aliphatic heterocycles. The van der Waals surface area contributed by atoms with Crippen molar-refractivity contribution in [2.75, 3.05) is 25.0 Å². The molecule has 1 saturated heterocycles. The number of nitrogens with one attached hydrogen (secondary N) is 1. The first-order chi connectivity index (χ1) is 14.2. The summed E-state index contributed by atoms with van der Waals surface area (Å²) < 4.78 is 1.69. The van der Waals surface area contributed by atoms with E-state index in [1.165, 1.54) is 0 Å². The second-order valence-corrected chi connectivity index (χ2v) is 7.41. The molecular weight excluding hydrogens is 366 g/mol. The zero-order chi connectivity index (χ0) is 20.1. The van der Waals surface area contributed by atoms with Gasteiger partial charge in [-0.3, -0.25) is 14.7 Å². The fourth-order valence-electron chi connectivity index (χ4n) is 3.64. The summed E-state index contributed by atoms with van der Waals surface area (Å²) in [6.45, 7) is 3.11. The lowest BCUT2D eigenvalue weighted by Gasteiger charge is -2.31. The van der Waals surface area contributed by atoms with Crippen LogP contribution >= 0.6 is 0 Å². The maximum absolute atomic E-state index is 12.7. The number of benzene rings is 1. The van der Waals surface area contributed by atoms with Gasteiger partial charge in [-0.1, -0.05) is 12.1 Å². The highest BCUT2D eigenvalue weighted by atomic mass is 16.3. The highest BCUT2D eigenvalue weighted by Crippen LogP contribution is 2.20. The number of carbonyl (C=O) groups excluding carboxylic acids is 1. The van der Waals surface area contributed by atoms with Crippen LogP contribution in [-0.4, -0.2) is 50.4 Å². The highest BCUT2D eigenvalue weighted by molar-refractivity contribution is 6.03. The molecule has 0 unspecified atom stereocenters. The van der Waals surface area contributed by atoms with Crippen molar-refractivity contribution in [3.8, 4) is 5.69 Å². The third-order valence-electron chi connectivity index (χ3n) is 5.30. The molecule has 0 aliphatic carbocycles. The predicted molar refractivity (Wildman–Crippen MR) is 111 cm³/mol. The van der Waals surface area contributed by atoms with Crippen molar-refractivity contribution >= 4 is 11.6 Å². The molecule has 1 aromatic carbocycles. The first-order valence-electron chi connectivity index (χ1n) is 9.91. The molecule has 29 heavy (non-hydrogen) atoms. The summed E-state index contributed by atoms with van der Waals surface area (Å²) in [7, 11) is 0. The predicted octanol–water partition coefficient (Wildman–Crippen LogP) is 2.72. The fraction of sp³-hybridized carbons (Fsp3) is 0.318. The van der Waals surface area contributed by atoms with E-state index >= 15 is 0 Å². The lowest BCUT2D eigenvalue weighted by molar-refractivity contribution is 0.102. The lowest BCUT2D eigenvalue weighted by atomic mass is 9.97. The zero-order valence-electron chi connectivity index (χ0n) is 16.2. The Morgan fingerprint density at radius 3 is 2.76 bits per heavy atom. The van der Waals surface area contributed by atoms with Gasteiger partial charge in [-0.15, -0.1) is 0 Å². The number of aliphatic hydroxyl groups is 1. The minimum Gasteiger partial charge on any atom is -0.396 e. The molecule has 150 valence electrons. The van der Waals surface area contributed by atoms with Crippen LogP contribution < -0.4 is 5.32 Å². The lowest BCUT2D eigenvalue weighted by Crippen LogP contribution is -2.34.